The lowest BCUT2D eigenvalue weighted by Gasteiger charge is -2.40. The lowest BCUT2D eigenvalue weighted by atomic mass is 9.81. The molecule has 1 saturated heterocycles. The van der Waals surface area contributed by atoms with Crippen molar-refractivity contribution in [2.45, 2.75) is 33.7 Å². The molecule has 2 nitrogen and oxygen atoms in total. The van der Waals surface area contributed by atoms with Crippen LogP contribution in [0.5, 0.6) is 0 Å². The van der Waals surface area contributed by atoms with Gasteiger partial charge in [-0.3, -0.25) is 0 Å². The molecule has 0 bridgehead atoms. The number of hydrogen-bond donors (Lipinski definition) is 1. The lowest BCUT2D eigenvalue weighted by Crippen LogP contribution is -2.49. The summed E-state index contributed by atoms with van der Waals surface area (Å²) >= 11 is 0. The number of nitrogens with zero attached hydrogens (tertiary/aromatic N) is 1. The van der Waals surface area contributed by atoms with Crippen LogP contribution in [0.1, 0.15) is 33.9 Å². The van der Waals surface area contributed by atoms with Gasteiger partial charge in [0.2, 0.25) is 0 Å². The predicted molar refractivity (Wildman–Crippen MR) is 78.2 cm³/mol. The molecule has 1 aliphatic rings. The Bertz CT molecular complexity index is 419. The standard InChI is InChI=1S/C16H26N2/c1-10-7-11(2)13(4)15(12(10)3)16(18(5)6)14-8-17-9-14/h7,14,16-17H,8-9H2,1-6H3. The van der Waals surface area contributed by atoms with Crippen LogP contribution >= 0.6 is 0 Å². The molecule has 2 heteroatoms. The highest BCUT2D eigenvalue weighted by molar-refractivity contribution is 5.46. The van der Waals surface area contributed by atoms with Gasteiger partial charge >= 0.3 is 0 Å². The molecule has 18 heavy (non-hydrogen) atoms. The minimum absolute atomic E-state index is 0.546. The van der Waals surface area contributed by atoms with E-state index in [1.54, 1.807) is 5.56 Å². The summed E-state index contributed by atoms with van der Waals surface area (Å²) in [6.07, 6.45) is 0. The van der Waals surface area contributed by atoms with E-state index in [1.165, 1.54) is 22.3 Å². The maximum Gasteiger partial charge on any atom is 0.0399 e. The van der Waals surface area contributed by atoms with Gasteiger partial charge in [-0.15, -0.1) is 0 Å². The van der Waals surface area contributed by atoms with Crippen molar-refractivity contribution in [2.75, 3.05) is 27.2 Å². The normalized spacial score (nSPS) is 17.9. The zero-order valence-corrected chi connectivity index (χ0v) is 12.6. The summed E-state index contributed by atoms with van der Waals surface area (Å²) in [6.45, 7) is 11.3. The Morgan fingerprint density at radius 2 is 1.56 bits per heavy atom. The second-order valence-corrected chi connectivity index (χ2v) is 6.00. The largest absolute Gasteiger partial charge is 0.316 e. The van der Waals surface area contributed by atoms with Gasteiger partial charge < -0.3 is 10.2 Å². The minimum atomic E-state index is 0.546. The molecule has 100 valence electrons. The summed E-state index contributed by atoms with van der Waals surface area (Å²) in [4.78, 5) is 2.39. The predicted octanol–water partition coefficient (Wildman–Crippen LogP) is 2.74. The van der Waals surface area contributed by atoms with E-state index in [0.717, 1.165) is 19.0 Å². The van der Waals surface area contributed by atoms with Crippen molar-refractivity contribution in [1.29, 1.82) is 0 Å². The van der Waals surface area contributed by atoms with Gasteiger partial charge in [0, 0.05) is 25.0 Å². The van der Waals surface area contributed by atoms with Crippen LogP contribution in [-0.4, -0.2) is 32.1 Å². The maximum absolute atomic E-state index is 3.41. The molecule has 0 amide bonds. The first-order valence-corrected chi connectivity index (χ1v) is 6.88. The highest BCUT2D eigenvalue weighted by Gasteiger charge is 2.32. The smallest absolute Gasteiger partial charge is 0.0399 e. The van der Waals surface area contributed by atoms with E-state index in [2.05, 4.69) is 58.1 Å². The highest BCUT2D eigenvalue weighted by Crippen LogP contribution is 2.36. The van der Waals surface area contributed by atoms with Gasteiger partial charge in [0.15, 0.2) is 0 Å². The van der Waals surface area contributed by atoms with Crippen LogP contribution in [0.25, 0.3) is 0 Å². The summed E-state index contributed by atoms with van der Waals surface area (Å²) in [5, 5.41) is 3.41. The van der Waals surface area contributed by atoms with E-state index in [1.807, 2.05) is 0 Å². The molecule has 0 aliphatic carbocycles. The fraction of sp³-hybridized carbons (Fsp3) is 0.625. The summed E-state index contributed by atoms with van der Waals surface area (Å²) in [5.74, 6) is 0.749. The van der Waals surface area contributed by atoms with Crippen molar-refractivity contribution >= 4 is 0 Å². The second kappa shape index (κ2) is 5.02. The van der Waals surface area contributed by atoms with Crippen LogP contribution in [-0.2, 0) is 0 Å². The average molecular weight is 246 g/mol. The molecule has 1 fully saturated rings. The third-order valence-corrected chi connectivity index (χ3v) is 4.54. The van der Waals surface area contributed by atoms with E-state index in [-0.39, 0.29) is 0 Å². The summed E-state index contributed by atoms with van der Waals surface area (Å²) in [6, 6.07) is 2.87. The van der Waals surface area contributed by atoms with Crippen molar-refractivity contribution in [3.05, 3.63) is 33.9 Å². The Labute approximate surface area is 111 Å². The van der Waals surface area contributed by atoms with Gasteiger partial charge in [-0.2, -0.15) is 0 Å². The minimum Gasteiger partial charge on any atom is -0.316 e. The van der Waals surface area contributed by atoms with Crippen molar-refractivity contribution < 1.29 is 0 Å². The van der Waals surface area contributed by atoms with Crippen molar-refractivity contribution in [3.8, 4) is 0 Å². The molecule has 2 rings (SSSR count). The van der Waals surface area contributed by atoms with Crippen molar-refractivity contribution in [3.63, 3.8) is 0 Å². The molecule has 1 unspecified atom stereocenters. The quantitative estimate of drug-likeness (QED) is 0.882. The van der Waals surface area contributed by atoms with Gasteiger partial charge in [-0.05, 0) is 69.6 Å². The monoisotopic (exact) mass is 246 g/mol. The molecule has 0 radical (unpaired) electrons. The van der Waals surface area contributed by atoms with E-state index in [9.17, 15) is 0 Å². The van der Waals surface area contributed by atoms with Gasteiger partial charge in [0.05, 0.1) is 0 Å². The van der Waals surface area contributed by atoms with Gasteiger partial charge in [0.1, 0.15) is 0 Å². The first-order valence-electron chi connectivity index (χ1n) is 6.88. The molecule has 1 atom stereocenters. The van der Waals surface area contributed by atoms with E-state index in [0.29, 0.717) is 6.04 Å². The molecule has 0 saturated carbocycles. The van der Waals surface area contributed by atoms with E-state index >= 15 is 0 Å². The Kier molecular flexibility index (Phi) is 3.79. The molecular weight excluding hydrogens is 220 g/mol. The van der Waals surface area contributed by atoms with Gasteiger partial charge in [-0.25, -0.2) is 0 Å². The molecule has 0 spiro atoms. The molecule has 1 aliphatic heterocycles. The SMILES string of the molecule is Cc1cc(C)c(C)c(C(C2CNC2)N(C)C)c1C. The van der Waals surface area contributed by atoms with Crippen LogP contribution < -0.4 is 5.32 Å². The number of nitrogens with one attached hydrogen (secondary N) is 1. The number of hydrogen-bond acceptors (Lipinski definition) is 2. The summed E-state index contributed by atoms with van der Waals surface area (Å²) < 4.78 is 0. The molecular formula is C16H26N2. The summed E-state index contributed by atoms with van der Waals surface area (Å²) in [5.41, 5.74) is 7.36. The third-order valence-electron chi connectivity index (χ3n) is 4.54. The molecule has 1 aromatic rings. The number of rotatable bonds is 3. The number of aryl methyl sites for hydroxylation is 2. The van der Waals surface area contributed by atoms with Crippen LogP contribution in [0.3, 0.4) is 0 Å². The zero-order chi connectivity index (χ0) is 13.4. The Morgan fingerprint density at radius 1 is 1.06 bits per heavy atom. The molecule has 0 aromatic heterocycles. The fourth-order valence-corrected chi connectivity index (χ4v) is 3.14. The van der Waals surface area contributed by atoms with Crippen LogP contribution in [0.2, 0.25) is 0 Å². The first kappa shape index (κ1) is 13.6. The Balaban J connectivity index is 2.52. The first-order chi connectivity index (χ1) is 8.43. The zero-order valence-electron chi connectivity index (χ0n) is 12.6. The summed E-state index contributed by atoms with van der Waals surface area (Å²) in [7, 11) is 4.42. The van der Waals surface area contributed by atoms with Gasteiger partial charge in [-0.1, -0.05) is 6.07 Å². The van der Waals surface area contributed by atoms with Crippen molar-refractivity contribution in [1.82, 2.24) is 10.2 Å². The lowest BCUT2D eigenvalue weighted by molar-refractivity contribution is 0.159. The Hall–Kier alpha value is -0.860. The van der Waals surface area contributed by atoms with Crippen LogP contribution in [0, 0.1) is 33.6 Å². The molecule has 1 N–H and O–H groups in total. The highest BCUT2D eigenvalue weighted by atomic mass is 15.1. The fourth-order valence-electron chi connectivity index (χ4n) is 3.14. The molecule has 1 aromatic carbocycles. The topological polar surface area (TPSA) is 15.3 Å². The van der Waals surface area contributed by atoms with Crippen LogP contribution in [0.15, 0.2) is 6.07 Å². The average Bonchev–Trinajstić information content (AvgIpc) is 2.22. The molecule has 1 heterocycles. The van der Waals surface area contributed by atoms with Gasteiger partial charge in [0.25, 0.3) is 0 Å². The van der Waals surface area contributed by atoms with E-state index in [4.69, 9.17) is 0 Å². The third kappa shape index (κ3) is 2.19. The van der Waals surface area contributed by atoms with Crippen molar-refractivity contribution in [2.24, 2.45) is 5.92 Å². The van der Waals surface area contributed by atoms with E-state index < -0.39 is 0 Å². The maximum atomic E-state index is 3.41. The second-order valence-electron chi connectivity index (χ2n) is 6.00. The number of benzene rings is 1. The Morgan fingerprint density at radius 3 is 1.89 bits per heavy atom. The van der Waals surface area contributed by atoms with Crippen LogP contribution in [0.4, 0.5) is 0 Å².